The normalized spacial score (nSPS) is 28.1. The highest BCUT2D eigenvalue weighted by Gasteiger charge is 2.28. The first-order chi connectivity index (χ1) is 10.5. The molecule has 2 saturated heterocycles. The Morgan fingerprint density at radius 3 is 2.86 bits per heavy atom. The first-order valence-electron chi connectivity index (χ1n) is 8.48. The number of rotatable bonds is 5. The van der Waals surface area contributed by atoms with E-state index >= 15 is 0 Å². The van der Waals surface area contributed by atoms with Gasteiger partial charge in [0.05, 0.1) is 13.2 Å². The fraction of sp³-hybridized carbons (Fsp3) is 0.938. The number of hydrogen-bond acceptors (Lipinski definition) is 4. The second-order valence-electron chi connectivity index (χ2n) is 7.06. The molecule has 0 aromatic carbocycles. The minimum absolute atomic E-state index is 0.0917. The molecule has 0 aromatic rings. The highest BCUT2D eigenvalue weighted by atomic mass is 16.5. The molecule has 2 aliphatic heterocycles. The van der Waals surface area contributed by atoms with Crippen LogP contribution in [-0.2, 0) is 4.74 Å². The Bertz CT molecular complexity index is 364. The van der Waals surface area contributed by atoms with E-state index in [1.807, 2.05) is 4.90 Å². The number of morpholine rings is 1. The second kappa shape index (κ2) is 8.13. The standard InChI is InChI=1S/C16H32N4O2/c1-13(20-7-8-22-12-14(20)2)9-17-16(21)19-6-5-15(11-19)10-18(3)4/h13-15H,5-12H2,1-4H3,(H,17,21)/t13-,14-,15-/m1/s1. The fourth-order valence-corrected chi connectivity index (χ4v) is 3.54. The van der Waals surface area contributed by atoms with Gasteiger partial charge in [-0.15, -0.1) is 0 Å². The number of nitrogens with zero attached hydrogens (tertiary/aromatic N) is 3. The van der Waals surface area contributed by atoms with Crippen LogP contribution in [0.4, 0.5) is 4.79 Å². The van der Waals surface area contributed by atoms with Crippen molar-refractivity contribution in [1.82, 2.24) is 20.0 Å². The summed E-state index contributed by atoms with van der Waals surface area (Å²) in [7, 11) is 4.18. The maximum absolute atomic E-state index is 12.3. The van der Waals surface area contributed by atoms with Gasteiger partial charge in [0.25, 0.3) is 0 Å². The smallest absolute Gasteiger partial charge is 0.317 e. The number of likely N-dealkylation sites (tertiary alicyclic amines) is 1. The molecule has 6 heteroatoms. The SMILES string of the molecule is C[C@H](CNC(=O)N1CC[C@H](CN(C)C)C1)N1CCOC[C@H]1C. The number of urea groups is 1. The molecule has 0 unspecified atom stereocenters. The fourth-order valence-electron chi connectivity index (χ4n) is 3.54. The van der Waals surface area contributed by atoms with E-state index in [0.29, 0.717) is 24.5 Å². The highest BCUT2D eigenvalue weighted by molar-refractivity contribution is 5.74. The molecule has 0 spiro atoms. The van der Waals surface area contributed by atoms with Crippen molar-refractivity contribution >= 4 is 6.03 Å². The molecule has 0 aromatic heterocycles. The van der Waals surface area contributed by atoms with Crippen molar-refractivity contribution in [2.75, 3.05) is 60.0 Å². The Morgan fingerprint density at radius 2 is 2.18 bits per heavy atom. The van der Waals surface area contributed by atoms with Crippen molar-refractivity contribution in [1.29, 1.82) is 0 Å². The predicted molar refractivity (Wildman–Crippen MR) is 88.1 cm³/mol. The molecule has 0 saturated carbocycles. The Labute approximate surface area is 134 Å². The first kappa shape index (κ1) is 17.5. The summed E-state index contributed by atoms with van der Waals surface area (Å²) in [6.45, 7) is 10.4. The zero-order chi connectivity index (χ0) is 16.1. The van der Waals surface area contributed by atoms with Gasteiger partial charge in [-0.1, -0.05) is 0 Å². The third-order valence-electron chi connectivity index (χ3n) is 4.73. The summed E-state index contributed by atoms with van der Waals surface area (Å²) in [5.74, 6) is 0.609. The predicted octanol–water partition coefficient (Wildman–Crippen LogP) is 0.689. The second-order valence-corrected chi connectivity index (χ2v) is 7.06. The van der Waals surface area contributed by atoms with Crippen molar-refractivity contribution in [2.45, 2.75) is 32.4 Å². The molecule has 0 bridgehead atoms. The Kier molecular flexibility index (Phi) is 6.47. The van der Waals surface area contributed by atoms with Gasteiger partial charge < -0.3 is 19.9 Å². The van der Waals surface area contributed by atoms with Gasteiger partial charge in [-0.05, 0) is 40.3 Å². The summed E-state index contributed by atoms with van der Waals surface area (Å²) in [5, 5.41) is 3.11. The average molecular weight is 312 g/mol. The van der Waals surface area contributed by atoms with Crippen molar-refractivity contribution in [3.05, 3.63) is 0 Å². The van der Waals surface area contributed by atoms with E-state index in [4.69, 9.17) is 4.74 Å². The lowest BCUT2D eigenvalue weighted by Crippen LogP contribution is -2.53. The van der Waals surface area contributed by atoms with Gasteiger partial charge in [-0.3, -0.25) is 4.90 Å². The van der Waals surface area contributed by atoms with Gasteiger partial charge in [0.2, 0.25) is 0 Å². The molecule has 22 heavy (non-hydrogen) atoms. The van der Waals surface area contributed by atoms with E-state index in [-0.39, 0.29) is 6.03 Å². The number of carbonyl (C=O) groups is 1. The Balaban J connectivity index is 1.71. The maximum Gasteiger partial charge on any atom is 0.317 e. The van der Waals surface area contributed by atoms with E-state index in [1.165, 1.54) is 0 Å². The monoisotopic (exact) mass is 312 g/mol. The molecule has 1 N–H and O–H groups in total. The molecule has 2 aliphatic rings. The molecule has 2 fully saturated rings. The van der Waals surface area contributed by atoms with Gasteiger partial charge in [-0.25, -0.2) is 4.79 Å². The molecule has 2 amide bonds. The summed E-state index contributed by atoms with van der Waals surface area (Å²) in [6.07, 6.45) is 1.11. The van der Waals surface area contributed by atoms with E-state index in [2.05, 4.69) is 43.1 Å². The quantitative estimate of drug-likeness (QED) is 0.811. The average Bonchev–Trinajstić information content (AvgIpc) is 2.92. The van der Waals surface area contributed by atoms with Crippen LogP contribution in [0.2, 0.25) is 0 Å². The summed E-state index contributed by atoms with van der Waals surface area (Å²) in [4.78, 5) is 18.9. The van der Waals surface area contributed by atoms with Crippen LogP contribution >= 0.6 is 0 Å². The highest BCUT2D eigenvalue weighted by Crippen LogP contribution is 2.17. The minimum atomic E-state index is 0.0917. The Morgan fingerprint density at radius 1 is 1.41 bits per heavy atom. The molecule has 3 atom stereocenters. The Hall–Kier alpha value is -0.850. The van der Waals surface area contributed by atoms with E-state index in [9.17, 15) is 4.79 Å². The third kappa shape index (κ3) is 4.83. The van der Waals surface area contributed by atoms with Gasteiger partial charge in [0.1, 0.15) is 0 Å². The van der Waals surface area contributed by atoms with E-state index < -0.39 is 0 Å². The molecular formula is C16H32N4O2. The van der Waals surface area contributed by atoms with Crippen molar-refractivity contribution in [2.24, 2.45) is 5.92 Å². The zero-order valence-electron chi connectivity index (χ0n) is 14.5. The lowest BCUT2D eigenvalue weighted by Gasteiger charge is -2.38. The number of nitrogens with one attached hydrogen (secondary N) is 1. The summed E-state index contributed by atoms with van der Waals surface area (Å²) >= 11 is 0. The van der Waals surface area contributed by atoms with Gasteiger partial charge >= 0.3 is 6.03 Å². The van der Waals surface area contributed by atoms with Gasteiger partial charge in [0, 0.05) is 44.8 Å². The molecule has 2 rings (SSSR count). The van der Waals surface area contributed by atoms with E-state index in [1.54, 1.807) is 0 Å². The summed E-state index contributed by atoms with van der Waals surface area (Å²) in [5.41, 5.74) is 0. The van der Waals surface area contributed by atoms with E-state index in [0.717, 1.165) is 45.8 Å². The lowest BCUT2D eigenvalue weighted by atomic mass is 10.1. The number of carbonyl (C=O) groups excluding carboxylic acids is 1. The number of amides is 2. The molecule has 0 aliphatic carbocycles. The van der Waals surface area contributed by atoms with Crippen LogP contribution in [0, 0.1) is 5.92 Å². The molecule has 2 heterocycles. The van der Waals surface area contributed by atoms with Crippen LogP contribution in [0.15, 0.2) is 0 Å². The van der Waals surface area contributed by atoms with Crippen molar-refractivity contribution in [3.8, 4) is 0 Å². The number of hydrogen-bond donors (Lipinski definition) is 1. The van der Waals surface area contributed by atoms with Crippen LogP contribution in [0.1, 0.15) is 20.3 Å². The van der Waals surface area contributed by atoms with Crippen LogP contribution < -0.4 is 5.32 Å². The van der Waals surface area contributed by atoms with Crippen molar-refractivity contribution in [3.63, 3.8) is 0 Å². The van der Waals surface area contributed by atoms with Crippen LogP contribution in [0.5, 0.6) is 0 Å². The maximum atomic E-state index is 12.3. The third-order valence-corrected chi connectivity index (χ3v) is 4.73. The number of ether oxygens (including phenoxy) is 1. The van der Waals surface area contributed by atoms with Crippen LogP contribution in [-0.4, -0.2) is 92.8 Å². The van der Waals surface area contributed by atoms with Gasteiger partial charge in [-0.2, -0.15) is 0 Å². The summed E-state index contributed by atoms with van der Waals surface area (Å²) in [6, 6.07) is 0.869. The minimum Gasteiger partial charge on any atom is -0.379 e. The topological polar surface area (TPSA) is 48.1 Å². The molecule has 0 radical (unpaired) electrons. The molecular weight excluding hydrogens is 280 g/mol. The van der Waals surface area contributed by atoms with Crippen LogP contribution in [0.3, 0.4) is 0 Å². The van der Waals surface area contributed by atoms with Gasteiger partial charge in [0.15, 0.2) is 0 Å². The molecule has 6 nitrogen and oxygen atoms in total. The van der Waals surface area contributed by atoms with Crippen LogP contribution in [0.25, 0.3) is 0 Å². The summed E-state index contributed by atoms with van der Waals surface area (Å²) < 4.78 is 5.47. The zero-order valence-corrected chi connectivity index (χ0v) is 14.5. The largest absolute Gasteiger partial charge is 0.379 e. The van der Waals surface area contributed by atoms with Crippen molar-refractivity contribution < 1.29 is 9.53 Å². The molecule has 128 valence electrons. The lowest BCUT2D eigenvalue weighted by molar-refractivity contribution is -0.0177. The first-order valence-corrected chi connectivity index (χ1v) is 8.48.